The average Bonchev–Trinajstić information content (AvgIpc) is 3.13. The van der Waals surface area contributed by atoms with Crippen LogP contribution in [0, 0.1) is 6.92 Å². The van der Waals surface area contributed by atoms with E-state index in [1.54, 1.807) is 37.3 Å². The molecule has 0 aliphatic carbocycles. The Morgan fingerprint density at radius 2 is 1.93 bits per heavy atom. The summed E-state index contributed by atoms with van der Waals surface area (Å²) in [5.74, 6) is 1.39. The van der Waals surface area contributed by atoms with Crippen molar-refractivity contribution in [2.45, 2.75) is 6.92 Å². The first-order valence-electron chi connectivity index (χ1n) is 8.37. The van der Waals surface area contributed by atoms with E-state index in [4.69, 9.17) is 14.0 Å². The van der Waals surface area contributed by atoms with Crippen LogP contribution in [0.3, 0.4) is 0 Å². The summed E-state index contributed by atoms with van der Waals surface area (Å²) in [5, 5.41) is 4.42. The summed E-state index contributed by atoms with van der Waals surface area (Å²) in [4.78, 5) is 30.7. The van der Waals surface area contributed by atoms with E-state index >= 15 is 0 Å². The number of benzene rings is 2. The second kappa shape index (κ2) is 6.99. The van der Waals surface area contributed by atoms with Crippen LogP contribution >= 0.6 is 0 Å². The first-order chi connectivity index (χ1) is 13.5. The van der Waals surface area contributed by atoms with Gasteiger partial charge in [-0.05, 0) is 30.3 Å². The van der Waals surface area contributed by atoms with Gasteiger partial charge in [0.1, 0.15) is 11.5 Å². The molecule has 2 aromatic carbocycles. The Labute approximate surface area is 158 Å². The van der Waals surface area contributed by atoms with E-state index in [2.05, 4.69) is 15.1 Å². The minimum Gasteiger partial charge on any atom is -0.465 e. The third-order valence-corrected chi connectivity index (χ3v) is 4.08. The summed E-state index contributed by atoms with van der Waals surface area (Å²) in [5.41, 5.74) is 1.04. The molecule has 0 saturated heterocycles. The fourth-order valence-electron chi connectivity index (χ4n) is 2.83. The Kier molecular flexibility index (Phi) is 4.36. The molecule has 4 aromatic rings. The molecule has 4 rings (SSSR count). The number of pyridine rings is 1. The lowest BCUT2D eigenvalue weighted by Crippen LogP contribution is -2.11. The van der Waals surface area contributed by atoms with Gasteiger partial charge in [0.25, 0.3) is 0 Å². The molecular formula is C20H15N3O5. The molecule has 8 nitrogen and oxygen atoms in total. The Hall–Kier alpha value is -3.94. The van der Waals surface area contributed by atoms with Crippen LogP contribution in [0.25, 0.3) is 22.3 Å². The van der Waals surface area contributed by atoms with Gasteiger partial charge in [-0.3, -0.25) is 4.79 Å². The minimum absolute atomic E-state index is 0.169. The van der Waals surface area contributed by atoms with E-state index in [0.29, 0.717) is 34.1 Å². The van der Waals surface area contributed by atoms with Crippen LogP contribution in [-0.4, -0.2) is 28.2 Å². The van der Waals surface area contributed by atoms with Crippen molar-refractivity contribution >= 4 is 16.9 Å². The van der Waals surface area contributed by atoms with Gasteiger partial charge in [0, 0.05) is 29.5 Å². The monoisotopic (exact) mass is 377 g/mol. The fourth-order valence-corrected chi connectivity index (χ4v) is 2.83. The largest absolute Gasteiger partial charge is 0.465 e. The Morgan fingerprint density at radius 1 is 1.11 bits per heavy atom. The Morgan fingerprint density at radius 3 is 2.68 bits per heavy atom. The number of carbonyl (C=O) groups is 1. The molecule has 0 unspecified atom stereocenters. The van der Waals surface area contributed by atoms with Crippen molar-refractivity contribution in [3.8, 4) is 22.9 Å². The van der Waals surface area contributed by atoms with E-state index in [9.17, 15) is 9.59 Å². The number of ether oxygens (including phenoxy) is 2. The number of aryl methyl sites for hydroxylation is 1. The number of carbonyl (C=O) groups excluding carboxylic acids is 1. The molecule has 8 heteroatoms. The summed E-state index contributed by atoms with van der Waals surface area (Å²) in [7, 11) is 1.26. The molecule has 140 valence electrons. The van der Waals surface area contributed by atoms with E-state index in [0.717, 1.165) is 5.56 Å². The van der Waals surface area contributed by atoms with Crippen molar-refractivity contribution in [1.29, 1.82) is 0 Å². The van der Waals surface area contributed by atoms with Gasteiger partial charge in [0.2, 0.25) is 17.3 Å². The molecule has 2 heterocycles. The van der Waals surface area contributed by atoms with Crippen LogP contribution in [0.1, 0.15) is 16.2 Å². The van der Waals surface area contributed by atoms with Crippen LogP contribution in [0.5, 0.6) is 11.5 Å². The maximum absolute atomic E-state index is 12.0. The van der Waals surface area contributed by atoms with Crippen LogP contribution in [0.15, 0.2) is 57.8 Å². The summed E-state index contributed by atoms with van der Waals surface area (Å²) in [6.45, 7) is 1.72. The zero-order chi connectivity index (χ0) is 19.7. The predicted molar refractivity (Wildman–Crippen MR) is 100 cm³/mol. The smallest absolute Gasteiger partial charge is 0.338 e. The zero-order valence-electron chi connectivity index (χ0n) is 15.1. The number of hydrogen-bond acceptors (Lipinski definition) is 7. The van der Waals surface area contributed by atoms with Crippen LogP contribution < -0.4 is 10.3 Å². The van der Waals surface area contributed by atoms with E-state index < -0.39 is 5.97 Å². The molecule has 0 atom stereocenters. The van der Waals surface area contributed by atoms with E-state index in [-0.39, 0.29) is 11.1 Å². The van der Waals surface area contributed by atoms with Crippen molar-refractivity contribution in [2.75, 3.05) is 7.11 Å². The number of fused-ring (bicyclic) bond motifs is 1. The van der Waals surface area contributed by atoms with Crippen molar-refractivity contribution in [3.63, 3.8) is 0 Å². The summed E-state index contributed by atoms with van der Waals surface area (Å²) >= 11 is 0. The van der Waals surface area contributed by atoms with Gasteiger partial charge in [-0.15, -0.1) is 0 Å². The molecular weight excluding hydrogens is 362 g/mol. The second-order valence-electron chi connectivity index (χ2n) is 6.01. The second-order valence-corrected chi connectivity index (χ2v) is 6.01. The zero-order valence-corrected chi connectivity index (χ0v) is 15.1. The van der Waals surface area contributed by atoms with Gasteiger partial charge in [-0.1, -0.05) is 17.3 Å². The molecule has 2 aromatic heterocycles. The number of methoxy groups -OCH3 is 1. The SMILES string of the molecule is COC(=O)c1cc(=O)[nH]c2ccc(Oc3cccc(-c4noc(C)n4)c3)cc12. The summed E-state index contributed by atoms with van der Waals surface area (Å²) < 4.78 is 15.7. The van der Waals surface area contributed by atoms with Crippen molar-refractivity contribution < 1.29 is 18.8 Å². The third-order valence-electron chi connectivity index (χ3n) is 4.08. The molecule has 1 N–H and O–H groups in total. The molecule has 28 heavy (non-hydrogen) atoms. The van der Waals surface area contributed by atoms with Gasteiger partial charge < -0.3 is 19.0 Å². The number of aromatic amines is 1. The van der Waals surface area contributed by atoms with Crippen molar-refractivity contribution in [1.82, 2.24) is 15.1 Å². The van der Waals surface area contributed by atoms with Gasteiger partial charge in [-0.2, -0.15) is 4.98 Å². The van der Waals surface area contributed by atoms with Crippen molar-refractivity contribution in [2.24, 2.45) is 0 Å². The van der Waals surface area contributed by atoms with Crippen LogP contribution in [-0.2, 0) is 4.74 Å². The average molecular weight is 377 g/mol. The highest BCUT2D eigenvalue weighted by Crippen LogP contribution is 2.29. The third kappa shape index (κ3) is 3.35. The molecule has 0 amide bonds. The van der Waals surface area contributed by atoms with E-state index in [1.165, 1.54) is 13.2 Å². The molecule has 0 bridgehead atoms. The number of H-pyrrole nitrogens is 1. The molecule has 0 aliphatic rings. The molecule has 0 radical (unpaired) electrons. The summed E-state index contributed by atoms with van der Waals surface area (Å²) in [6, 6.07) is 13.5. The summed E-state index contributed by atoms with van der Waals surface area (Å²) in [6.07, 6.45) is 0. The number of hydrogen-bond donors (Lipinski definition) is 1. The van der Waals surface area contributed by atoms with Crippen LogP contribution in [0.2, 0.25) is 0 Å². The highest BCUT2D eigenvalue weighted by molar-refractivity contribution is 6.03. The van der Waals surface area contributed by atoms with Crippen LogP contribution in [0.4, 0.5) is 0 Å². The Balaban J connectivity index is 1.71. The molecule has 0 aliphatic heterocycles. The first kappa shape index (κ1) is 17.5. The highest BCUT2D eigenvalue weighted by atomic mass is 16.5. The number of rotatable bonds is 4. The standard InChI is InChI=1S/C20H15N3O5/c1-11-21-19(23-28-11)12-4-3-5-13(8-12)27-14-6-7-17-15(9-14)16(20(25)26-2)10-18(24)22-17/h3-10H,1-2H3,(H,22,24). The number of nitrogens with zero attached hydrogens (tertiary/aromatic N) is 2. The maximum Gasteiger partial charge on any atom is 0.338 e. The van der Waals surface area contributed by atoms with Gasteiger partial charge in [0.05, 0.1) is 12.7 Å². The number of nitrogens with one attached hydrogen (secondary N) is 1. The lowest BCUT2D eigenvalue weighted by atomic mass is 10.1. The lowest BCUT2D eigenvalue weighted by Gasteiger charge is -2.09. The van der Waals surface area contributed by atoms with Gasteiger partial charge in [0.15, 0.2) is 0 Å². The van der Waals surface area contributed by atoms with E-state index in [1.807, 2.05) is 12.1 Å². The maximum atomic E-state index is 12.0. The Bertz CT molecular complexity index is 1240. The predicted octanol–water partition coefficient (Wildman–Crippen LogP) is 3.47. The lowest BCUT2D eigenvalue weighted by molar-refractivity contribution is 0.0603. The molecule has 0 saturated carbocycles. The van der Waals surface area contributed by atoms with Gasteiger partial charge in [-0.25, -0.2) is 4.79 Å². The minimum atomic E-state index is -0.595. The molecule has 0 spiro atoms. The van der Waals surface area contributed by atoms with Gasteiger partial charge >= 0.3 is 5.97 Å². The topological polar surface area (TPSA) is 107 Å². The normalized spacial score (nSPS) is 10.8. The number of esters is 1. The fraction of sp³-hybridized carbons (Fsp3) is 0.100. The highest BCUT2D eigenvalue weighted by Gasteiger charge is 2.13. The van der Waals surface area contributed by atoms with Crippen molar-refractivity contribution in [3.05, 3.63) is 70.3 Å². The first-order valence-corrected chi connectivity index (χ1v) is 8.37. The quantitative estimate of drug-likeness (QED) is 0.543. The number of aromatic nitrogens is 3. The molecule has 0 fully saturated rings.